The lowest BCUT2D eigenvalue weighted by molar-refractivity contribution is -0.123. The summed E-state index contributed by atoms with van der Waals surface area (Å²) in [4.78, 5) is 19.6. The maximum atomic E-state index is 12.6. The lowest BCUT2D eigenvalue weighted by Crippen LogP contribution is -2.37. The van der Waals surface area contributed by atoms with Crippen molar-refractivity contribution in [2.45, 2.75) is 32.6 Å². The number of pyridine rings is 1. The highest BCUT2D eigenvalue weighted by molar-refractivity contribution is 7.80. The Hall–Kier alpha value is -2.09. The Bertz CT molecular complexity index is 818. The monoisotopic (exact) mass is 401 g/mol. The summed E-state index contributed by atoms with van der Waals surface area (Å²) >= 11 is -2.08. The molecule has 0 saturated carbocycles. The summed E-state index contributed by atoms with van der Waals surface area (Å²) in [7, 11) is 0. The summed E-state index contributed by atoms with van der Waals surface area (Å²) in [6, 6.07) is 13.2. The van der Waals surface area contributed by atoms with E-state index in [1.807, 2.05) is 31.2 Å². The minimum absolute atomic E-state index is 0.121. The van der Waals surface area contributed by atoms with Gasteiger partial charge in [0.25, 0.3) is 11.3 Å². The molecule has 1 aliphatic rings. The van der Waals surface area contributed by atoms with E-state index in [9.17, 15) is 9.00 Å². The second-order valence-electron chi connectivity index (χ2n) is 7.33. The minimum Gasteiger partial charge on any atom is -0.303 e. The van der Waals surface area contributed by atoms with E-state index < -0.39 is 11.3 Å². The molecule has 0 bridgehead atoms. The molecule has 0 aliphatic carbocycles. The van der Waals surface area contributed by atoms with E-state index >= 15 is 0 Å². The summed E-state index contributed by atoms with van der Waals surface area (Å²) in [6.45, 7) is 4.90. The van der Waals surface area contributed by atoms with E-state index in [0.717, 1.165) is 55.8 Å². The molecule has 150 valence electrons. The Balaban J connectivity index is 1.42. The van der Waals surface area contributed by atoms with Crippen molar-refractivity contribution in [1.82, 2.24) is 9.88 Å². The number of hydrogen-bond donors (Lipinski definition) is 2. The fourth-order valence-corrected chi connectivity index (χ4v) is 3.96. The molecule has 0 spiro atoms. The van der Waals surface area contributed by atoms with E-state index in [1.165, 1.54) is 0 Å². The number of hydrogen-bond acceptors (Lipinski definition) is 4. The molecule has 2 aromatic rings. The number of aromatic nitrogens is 1. The zero-order valence-corrected chi connectivity index (χ0v) is 17.0. The van der Waals surface area contributed by atoms with Gasteiger partial charge in [0.05, 0.1) is 0 Å². The van der Waals surface area contributed by atoms with Gasteiger partial charge in [-0.3, -0.25) is 19.1 Å². The first kappa shape index (κ1) is 20.6. The SMILES string of the molecule is Cc1cccc(CCN2CCC(C(=O)Cc3ccc(NS(=O)O)cc3)CC2)n1. The molecule has 1 aliphatic heterocycles. The number of piperidine rings is 1. The van der Waals surface area contributed by atoms with Crippen molar-refractivity contribution in [2.24, 2.45) is 5.92 Å². The number of carbonyl (C=O) groups excluding carboxylic acids is 1. The summed E-state index contributed by atoms with van der Waals surface area (Å²) in [5.41, 5.74) is 3.68. The Morgan fingerprint density at radius 2 is 1.93 bits per heavy atom. The molecule has 28 heavy (non-hydrogen) atoms. The van der Waals surface area contributed by atoms with Gasteiger partial charge in [-0.25, -0.2) is 4.21 Å². The van der Waals surface area contributed by atoms with Gasteiger partial charge in [0.1, 0.15) is 5.78 Å². The van der Waals surface area contributed by atoms with Crippen LogP contribution in [0.4, 0.5) is 5.69 Å². The van der Waals surface area contributed by atoms with E-state index in [4.69, 9.17) is 4.55 Å². The van der Waals surface area contributed by atoms with Crippen LogP contribution in [0.15, 0.2) is 42.5 Å². The molecule has 0 radical (unpaired) electrons. The molecule has 1 atom stereocenters. The number of benzene rings is 1. The van der Waals surface area contributed by atoms with Gasteiger partial charge in [0, 0.05) is 42.4 Å². The third-order valence-corrected chi connectivity index (χ3v) is 5.62. The van der Waals surface area contributed by atoms with Crippen LogP contribution in [0.2, 0.25) is 0 Å². The number of nitrogens with one attached hydrogen (secondary N) is 1. The first-order chi connectivity index (χ1) is 13.5. The quantitative estimate of drug-likeness (QED) is 0.665. The summed E-state index contributed by atoms with van der Waals surface area (Å²) in [5.74, 6) is 0.405. The van der Waals surface area contributed by atoms with Crippen LogP contribution in [-0.2, 0) is 28.9 Å². The van der Waals surface area contributed by atoms with Crippen LogP contribution < -0.4 is 4.72 Å². The van der Waals surface area contributed by atoms with E-state index in [0.29, 0.717) is 12.1 Å². The third kappa shape index (κ3) is 6.22. The lowest BCUT2D eigenvalue weighted by Gasteiger charge is -2.31. The fourth-order valence-electron chi connectivity index (χ4n) is 3.63. The fraction of sp³-hybridized carbons (Fsp3) is 0.429. The average Bonchev–Trinajstić information content (AvgIpc) is 2.68. The number of nitrogens with zero attached hydrogens (tertiary/aromatic N) is 2. The maximum Gasteiger partial charge on any atom is 0.259 e. The van der Waals surface area contributed by atoms with Gasteiger partial charge in [-0.05, 0) is 62.7 Å². The topological polar surface area (TPSA) is 82.5 Å². The zero-order chi connectivity index (χ0) is 19.9. The zero-order valence-electron chi connectivity index (χ0n) is 16.1. The molecule has 1 aromatic carbocycles. The summed E-state index contributed by atoms with van der Waals surface area (Å²) in [6.07, 6.45) is 3.17. The van der Waals surface area contributed by atoms with Gasteiger partial charge >= 0.3 is 0 Å². The highest BCUT2D eigenvalue weighted by Gasteiger charge is 2.24. The molecule has 2 heterocycles. The van der Waals surface area contributed by atoms with Crippen molar-refractivity contribution in [3.8, 4) is 0 Å². The second kappa shape index (κ2) is 9.91. The van der Waals surface area contributed by atoms with Crippen LogP contribution >= 0.6 is 0 Å². The molecule has 2 N–H and O–H groups in total. The molecule has 1 aromatic heterocycles. The molecule has 1 unspecified atom stereocenters. The van der Waals surface area contributed by atoms with Crippen LogP contribution in [0, 0.1) is 12.8 Å². The van der Waals surface area contributed by atoms with Gasteiger partial charge < -0.3 is 4.90 Å². The standard InChI is InChI=1S/C21H27N3O3S/c1-16-3-2-4-19(22-16)11-14-24-12-9-18(10-13-24)21(25)15-17-5-7-20(8-6-17)23-28(26)27/h2-8,18,23H,9-15H2,1H3,(H,26,27). The van der Waals surface area contributed by atoms with Crippen molar-refractivity contribution in [3.05, 3.63) is 59.4 Å². The maximum absolute atomic E-state index is 12.6. The molecular weight excluding hydrogens is 374 g/mol. The van der Waals surface area contributed by atoms with Crippen molar-refractivity contribution >= 4 is 22.7 Å². The predicted octanol–water partition coefficient (Wildman–Crippen LogP) is 3.00. The molecule has 1 fully saturated rings. The molecule has 3 rings (SSSR count). The summed E-state index contributed by atoms with van der Waals surface area (Å²) in [5, 5.41) is 0. The highest BCUT2D eigenvalue weighted by Crippen LogP contribution is 2.21. The Labute approximate surface area is 168 Å². The number of ketones is 1. The number of aryl methyl sites for hydroxylation is 1. The molecule has 6 nitrogen and oxygen atoms in total. The van der Waals surface area contributed by atoms with Crippen LogP contribution in [0.3, 0.4) is 0 Å². The van der Waals surface area contributed by atoms with E-state index in [-0.39, 0.29) is 11.7 Å². The van der Waals surface area contributed by atoms with Crippen molar-refractivity contribution in [1.29, 1.82) is 0 Å². The molecule has 0 amide bonds. The number of carbonyl (C=O) groups is 1. The number of likely N-dealkylation sites (tertiary alicyclic amines) is 1. The minimum atomic E-state index is -2.08. The Kier molecular flexibility index (Phi) is 7.30. The first-order valence-corrected chi connectivity index (χ1v) is 10.7. The van der Waals surface area contributed by atoms with Crippen molar-refractivity contribution < 1.29 is 13.6 Å². The van der Waals surface area contributed by atoms with E-state index in [1.54, 1.807) is 12.1 Å². The van der Waals surface area contributed by atoms with Crippen LogP contribution in [-0.4, -0.2) is 44.1 Å². The normalized spacial score (nSPS) is 16.6. The molecule has 1 saturated heterocycles. The average molecular weight is 402 g/mol. The second-order valence-corrected chi connectivity index (χ2v) is 8.03. The summed E-state index contributed by atoms with van der Waals surface area (Å²) < 4.78 is 22.0. The van der Waals surface area contributed by atoms with Crippen molar-refractivity contribution in [2.75, 3.05) is 24.4 Å². The molecule has 7 heteroatoms. The third-order valence-electron chi connectivity index (χ3n) is 5.21. The largest absolute Gasteiger partial charge is 0.303 e. The van der Waals surface area contributed by atoms with Gasteiger partial charge in [-0.2, -0.15) is 0 Å². The number of Topliss-reactive ketones (excluding diaryl/α,β-unsaturated/α-hetero) is 1. The smallest absolute Gasteiger partial charge is 0.259 e. The van der Waals surface area contributed by atoms with Gasteiger partial charge in [0.15, 0.2) is 0 Å². The molecular formula is C21H27N3O3S. The van der Waals surface area contributed by atoms with Crippen LogP contribution in [0.1, 0.15) is 29.8 Å². The van der Waals surface area contributed by atoms with Gasteiger partial charge in [-0.15, -0.1) is 0 Å². The lowest BCUT2D eigenvalue weighted by atomic mass is 9.89. The van der Waals surface area contributed by atoms with Gasteiger partial charge in [0.2, 0.25) is 0 Å². The Morgan fingerprint density at radius 3 is 2.57 bits per heavy atom. The van der Waals surface area contributed by atoms with Gasteiger partial charge in [-0.1, -0.05) is 18.2 Å². The van der Waals surface area contributed by atoms with Crippen molar-refractivity contribution in [3.63, 3.8) is 0 Å². The number of rotatable bonds is 8. The highest BCUT2D eigenvalue weighted by atomic mass is 32.2. The van der Waals surface area contributed by atoms with E-state index in [2.05, 4.69) is 20.7 Å². The van der Waals surface area contributed by atoms with Crippen LogP contribution in [0.5, 0.6) is 0 Å². The predicted molar refractivity (Wildman–Crippen MR) is 111 cm³/mol. The van der Waals surface area contributed by atoms with Crippen LogP contribution in [0.25, 0.3) is 0 Å². The number of anilines is 1. The first-order valence-electron chi connectivity index (χ1n) is 9.63. The Morgan fingerprint density at radius 1 is 1.21 bits per heavy atom.